The third kappa shape index (κ3) is 1.99. The average molecular weight is 261 g/mol. The average Bonchev–Trinajstić information content (AvgIpc) is 2.74. The summed E-state index contributed by atoms with van der Waals surface area (Å²) in [5, 5.41) is 8.93. The van der Waals surface area contributed by atoms with E-state index >= 15 is 0 Å². The van der Waals surface area contributed by atoms with Gasteiger partial charge in [0, 0.05) is 19.1 Å². The molecule has 0 bridgehead atoms. The molecule has 0 radical (unpaired) electrons. The van der Waals surface area contributed by atoms with Crippen LogP contribution in [0.4, 0.5) is 4.79 Å². The van der Waals surface area contributed by atoms with Crippen molar-refractivity contribution in [3.8, 4) is 0 Å². The van der Waals surface area contributed by atoms with Gasteiger partial charge in [0.25, 0.3) is 0 Å². The fourth-order valence-corrected chi connectivity index (χ4v) is 2.75. The molecule has 0 saturated carbocycles. The number of likely N-dealkylation sites (tertiary alicyclic amines) is 1. The molecule has 19 heavy (non-hydrogen) atoms. The van der Waals surface area contributed by atoms with Gasteiger partial charge in [-0.15, -0.1) is 0 Å². The number of hydrogen-bond donors (Lipinski definition) is 2. The first-order chi connectivity index (χ1) is 9.16. The maximum atomic E-state index is 12.0. The molecule has 1 amide bonds. The summed E-state index contributed by atoms with van der Waals surface area (Å²) < 4.78 is 1.76. The molecule has 1 fully saturated rings. The van der Waals surface area contributed by atoms with Gasteiger partial charge in [-0.05, 0) is 25.0 Å². The fourth-order valence-electron chi connectivity index (χ4n) is 2.75. The lowest BCUT2D eigenvalue weighted by Crippen LogP contribution is -2.39. The number of amides is 1. The van der Waals surface area contributed by atoms with Gasteiger partial charge in [-0.3, -0.25) is 4.57 Å². The molecule has 1 aromatic heterocycles. The van der Waals surface area contributed by atoms with E-state index in [9.17, 15) is 9.59 Å². The lowest BCUT2D eigenvalue weighted by Gasteiger charge is -2.30. The minimum Gasteiger partial charge on any atom is -0.465 e. The van der Waals surface area contributed by atoms with Crippen LogP contribution in [0.2, 0.25) is 0 Å². The highest BCUT2D eigenvalue weighted by atomic mass is 16.4. The highest BCUT2D eigenvalue weighted by Gasteiger charge is 2.25. The third-order valence-electron chi connectivity index (χ3n) is 3.72. The number of para-hydroxylation sites is 2. The van der Waals surface area contributed by atoms with Crippen molar-refractivity contribution < 1.29 is 9.90 Å². The first kappa shape index (κ1) is 11.8. The van der Waals surface area contributed by atoms with Crippen LogP contribution >= 0.6 is 0 Å². The van der Waals surface area contributed by atoms with E-state index in [-0.39, 0.29) is 11.7 Å². The summed E-state index contributed by atoms with van der Waals surface area (Å²) in [5.41, 5.74) is 1.60. The van der Waals surface area contributed by atoms with E-state index < -0.39 is 6.09 Å². The Morgan fingerprint density at radius 1 is 1.26 bits per heavy atom. The van der Waals surface area contributed by atoms with E-state index in [1.165, 1.54) is 4.90 Å². The van der Waals surface area contributed by atoms with E-state index in [1.807, 2.05) is 24.3 Å². The molecule has 0 aliphatic carbocycles. The second-order valence-electron chi connectivity index (χ2n) is 4.82. The van der Waals surface area contributed by atoms with E-state index in [0.29, 0.717) is 25.9 Å². The van der Waals surface area contributed by atoms with Crippen molar-refractivity contribution >= 4 is 17.1 Å². The molecular formula is C13H15N3O3. The molecule has 2 aromatic rings. The van der Waals surface area contributed by atoms with E-state index in [1.54, 1.807) is 4.57 Å². The minimum absolute atomic E-state index is 0.0687. The van der Waals surface area contributed by atoms with Crippen molar-refractivity contribution in [1.82, 2.24) is 14.5 Å². The summed E-state index contributed by atoms with van der Waals surface area (Å²) in [6.45, 7) is 0.956. The number of piperidine rings is 1. The molecule has 3 rings (SSSR count). The summed E-state index contributed by atoms with van der Waals surface area (Å²) in [6, 6.07) is 7.64. The molecule has 0 atom stereocenters. The molecule has 2 heterocycles. The Balaban J connectivity index is 1.92. The topological polar surface area (TPSA) is 78.3 Å². The smallest absolute Gasteiger partial charge is 0.407 e. The van der Waals surface area contributed by atoms with Crippen molar-refractivity contribution in [3.05, 3.63) is 34.7 Å². The molecule has 2 N–H and O–H groups in total. The second kappa shape index (κ2) is 4.46. The van der Waals surface area contributed by atoms with Gasteiger partial charge < -0.3 is 15.0 Å². The van der Waals surface area contributed by atoms with Crippen LogP contribution in [-0.4, -0.2) is 38.7 Å². The first-order valence-electron chi connectivity index (χ1n) is 6.34. The molecular weight excluding hydrogens is 246 g/mol. The van der Waals surface area contributed by atoms with Gasteiger partial charge in [0.05, 0.1) is 11.0 Å². The zero-order valence-corrected chi connectivity index (χ0v) is 10.4. The molecule has 0 unspecified atom stereocenters. The fraction of sp³-hybridized carbons (Fsp3) is 0.385. The maximum absolute atomic E-state index is 12.0. The molecule has 0 spiro atoms. The van der Waals surface area contributed by atoms with Gasteiger partial charge in [0.15, 0.2) is 0 Å². The SMILES string of the molecule is O=C(O)N1CCC(n2c(=O)[nH]c3ccccc32)CC1. The predicted molar refractivity (Wildman–Crippen MR) is 70.4 cm³/mol. The Hall–Kier alpha value is -2.24. The Morgan fingerprint density at radius 3 is 2.63 bits per heavy atom. The lowest BCUT2D eigenvalue weighted by atomic mass is 10.1. The highest BCUT2D eigenvalue weighted by molar-refractivity contribution is 5.75. The molecule has 1 saturated heterocycles. The van der Waals surface area contributed by atoms with E-state index in [0.717, 1.165) is 11.0 Å². The lowest BCUT2D eigenvalue weighted by molar-refractivity contribution is 0.125. The zero-order chi connectivity index (χ0) is 13.4. The van der Waals surface area contributed by atoms with Crippen LogP contribution < -0.4 is 5.69 Å². The zero-order valence-electron chi connectivity index (χ0n) is 10.4. The summed E-state index contributed by atoms with van der Waals surface area (Å²) in [7, 11) is 0. The van der Waals surface area contributed by atoms with E-state index in [2.05, 4.69) is 4.98 Å². The third-order valence-corrected chi connectivity index (χ3v) is 3.72. The number of carboxylic acid groups (broad SMARTS) is 1. The van der Waals surface area contributed by atoms with Crippen LogP contribution in [0.3, 0.4) is 0 Å². The number of H-pyrrole nitrogens is 1. The molecule has 6 heteroatoms. The quantitative estimate of drug-likeness (QED) is 0.819. The predicted octanol–water partition coefficient (Wildman–Crippen LogP) is 1.64. The monoisotopic (exact) mass is 261 g/mol. The number of nitrogens with zero attached hydrogens (tertiary/aromatic N) is 2. The van der Waals surface area contributed by atoms with Gasteiger partial charge in [-0.2, -0.15) is 0 Å². The normalized spacial score (nSPS) is 16.9. The molecule has 1 aliphatic heterocycles. The van der Waals surface area contributed by atoms with Crippen molar-refractivity contribution in [2.75, 3.05) is 13.1 Å². The minimum atomic E-state index is -0.885. The van der Waals surface area contributed by atoms with Crippen molar-refractivity contribution in [1.29, 1.82) is 0 Å². The number of imidazole rings is 1. The number of rotatable bonds is 1. The largest absolute Gasteiger partial charge is 0.465 e. The van der Waals surface area contributed by atoms with Gasteiger partial charge >= 0.3 is 11.8 Å². The highest BCUT2D eigenvalue weighted by Crippen LogP contribution is 2.24. The Kier molecular flexibility index (Phi) is 2.77. The number of carbonyl (C=O) groups is 1. The second-order valence-corrected chi connectivity index (χ2v) is 4.82. The Morgan fingerprint density at radius 2 is 1.95 bits per heavy atom. The first-order valence-corrected chi connectivity index (χ1v) is 6.34. The molecule has 1 aliphatic rings. The van der Waals surface area contributed by atoms with Crippen LogP contribution in [0.1, 0.15) is 18.9 Å². The Labute approximate surface area is 109 Å². The van der Waals surface area contributed by atoms with E-state index in [4.69, 9.17) is 5.11 Å². The standard InChI is InChI=1S/C13H15N3O3/c17-12-14-10-3-1-2-4-11(10)16(12)9-5-7-15(8-6-9)13(18)19/h1-4,9H,5-8H2,(H,14,17)(H,18,19). The van der Waals surface area contributed by atoms with Crippen LogP contribution in [0.25, 0.3) is 11.0 Å². The summed E-state index contributed by atoms with van der Waals surface area (Å²) in [6.07, 6.45) is 0.465. The van der Waals surface area contributed by atoms with Crippen molar-refractivity contribution in [2.24, 2.45) is 0 Å². The van der Waals surface area contributed by atoms with Crippen molar-refractivity contribution in [3.63, 3.8) is 0 Å². The van der Waals surface area contributed by atoms with Crippen LogP contribution in [0.15, 0.2) is 29.1 Å². The number of benzene rings is 1. The van der Waals surface area contributed by atoms with Crippen LogP contribution in [-0.2, 0) is 0 Å². The summed E-state index contributed by atoms with van der Waals surface area (Å²) in [5.74, 6) is 0. The van der Waals surface area contributed by atoms with Crippen LogP contribution in [0.5, 0.6) is 0 Å². The maximum Gasteiger partial charge on any atom is 0.407 e. The number of fused-ring (bicyclic) bond motifs is 1. The van der Waals surface area contributed by atoms with Gasteiger partial charge in [-0.25, -0.2) is 9.59 Å². The number of aromatic amines is 1. The van der Waals surface area contributed by atoms with Gasteiger partial charge in [0.1, 0.15) is 0 Å². The summed E-state index contributed by atoms with van der Waals surface area (Å²) >= 11 is 0. The number of nitrogens with one attached hydrogen (secondary N) is 1. The molecule has 100 valence electrons. The van der Waals surface area contributed by atoms with Gasteiger partial charge in [0.2, 0.25) is 0 Å². The Bertz CT molecular complexity index is 665. The summed E-state index contributed by atoms with van der Waals surface area (Å²) in [4.78, 5) is 27.1. The number of hydrogen-bond acceptors (Lipinski definition) is 2. The molecule has 6 nitrogen and oxygen atoms in total. The van der Waals surface area contributed by atoms with Crippen molar-refractivity contribution in [2.45, 2.75) is 18.9 Å². The van der Waals surface area contributed by atoms with Gasteiger partial charge in [-0.1, -0.05) is 12.1 Å². The van der Waals surface area contributed by atoms with Crippen LogP contribution in [0, 0.1) is 0 Å². The number of aromatic nitrogens is 2. The molecule has 1 aromatic carbocycles.